The molecule has 108 valence electrons. The number of benzene rings is 1. The van der Waals surface area contributed by atoms with Crippen LogP contribution < -0.4 is 10.1 Å². The summed E-state index contributed by atoms with van der Waals surface area (Å²) in [6, 6.07) is 8.08. The number of aryl methyl sites for hydroxylation is 1. The van der Waals surface area contributed by atoms with Crippen LogP contribution >= 0.6 is 11.3 Å². The number of nitrogens with zero attached hydrogens (tertiary/aromatic N) is 1. The van der Waals surface area contributed by atoms with Gasteiger partial charge in [0.15, 0.2) is 0 Å². The molecule has 2 aromatic rings. The molecule has 0 aliphatic rings. The largest absolute Gasteiger partial charge is 0.486 e. The van der Waals surface area contributed by atoms with Crippen LogP contribution in [0.4, 0.5) is 0 Å². The van der Waals surface area contributed by atoms with Crippen molar-refractivity contribution in [2.24, 2.45) is 0 Å². The highest BCUT2D eigenvalue weighted by atomic mass is 32.1. The Balaban J connectivity index is 1.82. The van der Waals surface area contributed by atoms with Gasteiger partial charge in [-0.2, -0.15) is 0 Å². The zero-order valence-corrected chi connectivity index (χ0v) is 12.6. The average molecular weight is 292 g/mol. The molecule has 0 unspecified atom stereocenters. The number of rotatable bonds is 7. The van der Waals surface area contributed by atoms with Crippen LogP contribution in [-0.2, 0) is 13.2 Å². The maximum absolute atomic E-state index is 8.95. The predicted octanol–water partition coefficient (Wildman–Crippen LogP) is 2.50. The first-order valence-electron chi connectivity index (χ1n) is 6.64. The zero-order chi connectivity index (χ0) is 14.4. The molecule has 1 atom stereocenters. The Morgan fingerprint density at radius 1 is 1.35 bits per heavy atom. The summed E-state index contributed by atoms with van der Waals surface area (Å²) in [5, 5.41) is 15.1. The number of thiazole rings is 1. The predicted molar refractivity (Wildman–Crippen MR) is 81.0 cm³/mol. The molecule has 0 saturated heterocycles. The van der Waals surface area contributed by atoms with Crippen LogP contribution in [0.2, 0.25) is 0 Å². The number of hydrogen-bond donors (Lipinski definition) is 2. The van der Waals surface area contributed by atoms with Crippen molar-refractivity contribution in [3.05, 3.63) is 45.9 Å². The highest BCUT2D eigenvalue weighted by molar-refractivity contribution is 7.09. The van der Waals surface area contributed by atoms with Crippen molar-refractivity contribution in [1.82, 2.24) is 10.3 Å². The van der Waals surface area contributed by atoms with E-state index in [1.54, 1.807) is 11.3 Å². The third-order valence-electron chi connectivity index (χ3n) is 2.89. The summed E-state index contributed by atoms with van der Waals surface area (Å²) in [5.41, 5.74) is 2.20. The summed E-state index contributed by atoms with van der Waals surface area (Å²) >= 11 is 1.59. The van der Waals surface area contributed by atoms with Gasteiger partial charge in [0.25, 0.3) is 0 Å². The summed E-state index contributed by atoms with van der Waals surface area (Å²) in [5.74, 6) is 0.861. The normalized spacial score (nSPS) is 12.3. The van der Waals surface area contributed by atoms with Gasteiger partial charge in [-0.3, -0.25) is 0 Å². The molecule has 0 saturated carbocycles. The van der Waals surface area contributed by atoms with E-state index in [0.29, 0.717) is 13.2 Å². The van der Waals surface area contributed by atoms with E-state index in [1.807, 2.05) is 36.6 Å². The molecule has 0 radical (unpaired) electrons. The van der Waals surface area contributed by atoms with Crippen molar-refractivity contribution < 1.29 is 9.84 Å². The van der Waals surface area contributed by atoms with Gasteiger partial charge >= 0.3 is 0 Å². The summed E-state index contributed by atoms with van der Waals surface area (Å²) in [6.45, 7) is 5.28. The summed E-state index contributed by atoms with van der Waals surface area (Å²) < 4.78 is 5.69. The average Bonchev–Trinajstić information content (AvgIpc) is 2.92. The first-order chi connectivity index (χ1) is 9.67. The Morgan fingerprint density at radius 3 is 2.80 bits per heavy atom. The van der Waals surface area contributed by atoms with Gasteiger partial charge in [-0.05, 0) is 26.0 Å². The van der Waals surface area contributed by atoms with Crippen molar-refractivity contribution in [3.8, 4) is 5.75 Å². The number of ether oxygens (including phenoxy) is 1. The fraction of sp³-hybridized carbons (Fsp3) is 0.400. The van der Waals surface area contributed by atoms with E-state index >= 15 is 0 Å². The van der Waals surface area contributed by atoms with Crippen LogP contribution in [0.5, 0.6) is 5.75 Å². The van der Waals surface area contributed by atoms with E-state index in [9.17, 15) is 0 Å². The maximum Gasteiger partial charge on any atom is 0.140 e. The quantitative estimate of drug-likeness (QED) is 0.823. The lowest BCUT2D eigenvalue weighted by Crippen LogP contribution is -2.28. The smallest absolute Gasteiger partial charge is 0.140 e. The molecule has 0 bridgehead atoms. The van der Waals surface area contributed by atoms with E-state index in [0.717, 1.165) is 16.5 Å². The number of aromatic nitrogens is 1. The SMILES string of the molecule is Cc1ccc(OCc2nc(CN[C@H](C)CO)cs2)cc1. The molecular weight excluding hydrogens is 272 g/mol. The molecule has 0 aliphatic carbocycles. The van der Waals surface area contributed by atoms with Crippen molar-refractivity contribution in [2.75, 3.05) is 6.61 Å². The van der Waals surface area contributed by atoms with Gasteiger partial charge in [-0.15, -0.1) is 11.3 Å². The number of hydrogen-bond acceptors (Lipinski definition) is 5. The van der Waals surface area contributed by atoms with Gasteiger partial charge in [0.05, 0.1) is 12.3 Å². The molecule has 4 nitrogen and oxygen atoms in total. The highest BCUT2D eigenvalue weighted by Crippen LogP contribution is 2.16. The van der Waals surface area contributed by atoms with Crippen LogP contribution in [0, 0.1) is 6.92 Å². The molecule has 0 spiro atoms. The minimum atomic E-state index is 0.0870. The summed E-state index contributed by atoms with van der Waals surface area (Å²) in [7, 11) is 0. The van der Waals surface area contributed by atoms with E-state index in [2.05, 4.69) is 17.2 Å². The lowest BCUT2D eigenvalue weighted by molar-refractivity contribution is 0.250. The van der Waals surface area contributed by atoms with Crippen molar-refractivity contribution >= 4 is 11.3 Å². The Hall–Kier alpha value is -1.43. The third-order valence-corrected chi connectivity index (χ3v) is 3.76. The second-order valence-electron chi connectivity index (χ2n) is 4.80. The van der Waals surface area contributed by atoms with E-state index in [-0.39, 0.29) is 12.6 Å². The monoisotopic (exact) mass is 292 g/mol. The van der Waals surface area contributed by atoms with Crippen LogP contribution in [0.15, 0.2) is 29.6 Å². The maximum atomic E-state index is 8.95. The van der Waals surface area contributed by atoms with Gasteiger partial charge in [-0.1, -0.05) is 17.7 Å². The van der Waals surface area contributed by atoms with Gasteiger partial charge in [0, 0.05) is 18.0 Å². The summed E-state index contributed by atoms with van der Waals surface area (Å²) in [4.78, 5) is 4.50. The molecule has 1 heterocycles. The second-order valence-corrected chi connectivity index (χ2v) is 5.74. The Labute approximate surface area is 123 Å². The third kappa shape index (κ3) is 4.59. The van der Waals surface area contributed by atoms with Gasteiger partial charge in [0.1, 0.15) is 17.4 Å². The second kappa shape index (κ2) is 7.38. The van der Waals surface area contributed by atoms with E-state index in [1.165, 1.54) is 5.56 Å². The minimum absolute atomic E-state index is 0.0870. The van der Waals surface area contributed by atoms with Crippen LogP contribution in [0.3, 0.4) is 0 Å². The van der Waals surface area contributed by atoms with Crippen molar-refractivity contribution in [1.29, 1.82) is 0 Å². The molecule has 20 heavy (non-hydrogen) atoms. The number of aliphatic hydroxyl groups excluding tert-OH is 1. The standard InChI is InChI=1S/C15H20N2O2S/c1-11-3-5-14(6-4-11)19-9-15-17-13(10-20-15)7-16-12(2)8-18/h3-6,10,12,16,18H,7-9H2,1-2H3/t12-/m1/s1. The highest BCUT2D eigenvalue weighted by Gasteiger charge is 2.05. The van der Waals surface area contributed by atoms with Gasteiger partial charge in [-0.25, -0.2) is 4.98 Å². The van der Waals surface area contributed by atoms with Gasteiger partial charge < -0.3 is 15.2 Å². The molecular formula is C15H20N2O2S. The first kappa shape index (κ1) is 15.0. The van der Waals surface area contributed by atoms with Crippen molar-refractivity contribution in [2.45, 2.75) is 33.0 Å². The fourth-order valence-corrected chi connectivity index (χ4v) is 2.32. The molecule has 2 N–H and O–H groups in total. The van der Waals surface area contributed by atoms with Crippen LogP contribution in [0.1, 0.15) is 23.2 Å². The van der Waals surface area contributed by atoms with Crippen LogP contribution in [-0.4, -0.2) is 22.7 Å². The Bertz CT molecular complexity index is 525. The van der Waals surface area contributed by atoms with E-state index < -0.39 is 0 Å². The lowest BCUT2D eigenvalue weighted by atomic mass is 10.2. The molecule has 0 aliphatic heterocycles. The molecule has 5 heteroatoms. The number of nitrogens with one attached hydrogen (secondary N) is 1. The Morgan fingerprint density at radius 2 is 2.10 bits per heavy atom. The topological polar surface area (TPSA) is 54.4 Å². The molecule has 1 aromatic carbocycles. The molecule has 0 fully saturated rings. The lowest BCUT2D eigenvalue weighted by Gasteiger charge is -2.08. The first-order valence-corrected chi connectivity index (χ1v) is 7.52. The molecule has 2 rings (SSSR count). The molecule has 0 amide bonds. The fourth-order valence-electron chi connectivity index (χ4n) is 1.62. The zero-order valence-electron chi connectivity index (χ0n) is 11.8. The summed E-state index contributed by atoms with van der Waals surface area (Å²) in [6.07, 6.45) is 0. The molecule has 1 aromatic heterocycles. The number of aliphatic hydroxyl groups is 1. The van der Waals surface area contributed by atoms with E-state index in [4.69, 9.17) is 9.84 Å². The van der Waals surface area contributed by atoms with Gasteiger partial charge in [0.2, 0.25) is 0 Å². The minimum Gasteiger partial charge on any atom is -0.486 e. The Kier molecular flexibility index (Phi) is 5.52. The van der Waals surface area contributed by atoms with Crippen LogP contribution in [0.25, 0.3) is 0 Å². The van der Waals surface area contributed by atoms with Crippen molar-refractivity contribution in [3.63, 3.8) is 0 Å².